The summed E-state index contributed by atoms with van der Waals surface area (Å²) in [6, 6.07) is 5.70. The van der Waals surface area contributed by atoms with Gasteiger partial charge in [-0.3, -0.25) is 28.6 Å². The molecule has 1 aromatic rings. The van der Waals surface area contributed by atoms with Crippen LogP contribution in [0.3, 0.4) is 0 Å². The monoisotopic (exact) mass is 507 g/mol. The molecule has 2 rings (SSSR count). The van der Waals surface area contributed by atoms with Gasteiger partial charge in [-0.05, 0) is 36.3 Å². The highest BCUT2D eigenvalue weighted by atomic mass is 31.2. The van der Waals surface area contributed by atoms with Crippen molar-refractivity contribution in [1.82, 2.24) is 15.5 Å². The lowest BCUT2D eigenvalue weighted by molar-refractivity contribution is -0.131. The Hall–Kier alpha value is -2.51. The number of carbonyl (C=O) groups excluding carboxylic acids is 4. The topological polar surface area (TPSA) is 122 Å². The van der Waals surface area contributed by atoms with Gasteiger partial charge < -0.3 is 15.2 Å². The van der Waals surface area contributed by atoms with Crippen molar-refractivity contribution in [1.29, 1.82) is 0 Å². The van der Waals surface area contributed by atoms with Gasteiger partial charge in [0, 0.05) is 26.2 Å². The quantitative estimate of drug-likeness (QED) is 0.349. The van der Waals surface area contributed by atoms with Crippen LogP contribution in [0, 0.1) is 17.3 Å². The number of hydrogen-bond acceptors (Lipinski definition) is 6. The summed E-state index contributed by atoms with van der Waals surface area (Å²) < 4.78 is 19.2. The maximum Gasteiger partial charge on any atom is 0.262 e. The fraction of sp³-hybridized carbons (Fsp3) is 0.600. The lowest BCUT2D eigenvalue weighted by Gasteiger charge is -2.30. The minimum atomic E-state index is -3.63. The summed E-state index contributed by atoms with van der Waals surface area (Å²) in [4.78, 5) is 52.3. The smallest absolute Gasteiger partial charge is 0.262 e. The van der Waals surface area contributed by atoms with E-state index in [1.807, 2.05) is 34.6 Å². The maximum atomic E-state index is 13.8. The zero-order valence-electron chi connectivity index (χ0n) is 21.7. The number of carbonyl (C=O) groups is 4. The van der Waals surface area contributed by atoms with Gasteiger partial charge in [-0.2, -0.15) is 0 Å². The lowest BCUT2D eigenvalue weighted by atomic mass is 9.85. The highest BCUT2D eigenvalue weighted by Gasteiger charge is 2.42. The molecule has 3 atom stereocenters. The Morgan fingerprint density at radius 2 is 1.60 bits per heavy atom. The number of benzene rings is 1. The number of hydrogen-bond donors (Lipinski definition) is 2. The van der Waals surface area contributed by atoms with E-state index in [0.29, 0.717) is 12.8 Å². The van der Waals surface area contributed by atoms with Crippen LogP contribution < -0.4 is 10.6 Å². The van der Waals surface area contributed by atoms with E-state index in [1.54, 1.807) is 24.3 Å². The van der Waals surface area contributed by atoms with Crippen LogP contribution in [-0.2, 0) is 18.7 Å². The maximum absolute atomic E-state index is 13.8. The third kappa shape index (κ3) is 7.48. The highest BCUT2D eigenvalue weighted by Crippen LogP contribution is 2.50. The van der Waals surface area contributed by atoms with Gasteiger partial charge in [0.15, 0.2) is 0 Å². The molecule has 1 aromatic carbocycles. The molecule has 0 fully saturated rings. The summed E-state index contributed by atoms with van der Waals surface area (Å²) in [7, 11) is -0.857. The molecule has 1 aliphatic rings. The summed E-state index contributed by atoms with van der Waals surface area (Å²) >= 11 is 0. The van der Waals surface area contributed by atoms with E-state index in [1.165, 1.54) is 14.2 Å². The molecular weight excluding hydrogens is 469 g/mol. The number of imide groups is 1. The fourth-order valence-corrected chi connectivity index (χ4v) is 6.29. The number of nitrogens with one attached hydrogen (secondary N) is 2. The van der Waals surface area contributed by atoms with Crippen molar-refractivity contribution in [2.75, 3.05) is 26.6 Å². The predicted octanol–water partition coefficient (Wildman–Crippen LogP) is 3.49. The Morgan fingerprint density at radius 3 is 2.03 bits per heavy atom. The summed E-state index contributed by atoms with van der Waals surface area (Å²) in [5, 5.41) is 5.39. The third-order valence-corrected chi connectivity index (χ3v) is 8.26. The first-order valence-electron chi connectivity index (χ1n) is 11.8. The van der Waals surface area contributed by atoms with E-state index in [0.717, 1.165) is 4.90 Å². The average Bonchev–Trinajstić information content (AvgIpc) is 3.01. The van der Waals surface area contributed by atoms with Crippen molar-refractivity contribution in [3.63, 3.8) is 0 Å². The number of amides is 4. The zero-order chi connectivity index (χ0) is 26.6. The van der Waals surface area contributed by atoms with Crippen LogP contribution in [0.15, 0.2) is 24.3 Å². The van der Waals surface area contributed by atoms with Crippen LogP contribution in [0.1, 0.15) is 68.2 Å². The van der Waals surface area contributed by atoms with Crippen molar-refractivity contribution in [3.05, 3.63) is 35.4 Å². The van der Waals surface area contributed by atoms with Gasteiger partial charge in [0.1, 0.15) is 12.3 Å². The first-order chi connectivity index (χ1) is 16.2. The van der Waals surface area contributed by atoms with Gasteiger partial charge in [-0.15, -0.1) is 0 Å². The Bertz CT molecular complexity index is 982. The zero-order valence-corrected chi connectivity index (χ0v) is 22.6. The van der Waals surface area contributed by atoms with E-state index in [9.17, 15) is 23.7 Å². The molecule has 2 unspecified atom stereocenters. The normalized spacial score (nSPS) is 17.1. The van der Waals surface area contributed by atoms with Crippen molar-refractivity contribution < 1.29 is 28.3 Å². The Kier molecular flexibility index (Phi) is 9.42. The molecular formula is C25H38N3O6P. The number of rotatable bonds is 11. The van der Waals surface area contributed by atoms with Crippen molar-refractivity contribution >= 4 is 31.0 Å². The Balaban J connectivity index is 2.28. The van der Waals surface area contributed by atoms with Gasteiger partial charge in [-0.25, -0.2) is 0 Å². The number of fused-ring (bicyclic) bond motifs is 1. The lowest BCUT2D eigenvalue weighted by Crippen LogP contribution is -2.49. The third-order valence-electron chi connectivity index (χ3n) is 5.88. The van der Waals surface area contributed by atoms with Crippen LogP contribution >= 0.6 is 7.37 Å². The molecule has 0 bridgehead atoms. The SMILES string of the molecule is CNC(=O)[C@H](CC(C)C)NC(=O)C(CC(C)(C)C)CP(=O)(CN1C(=O)c2ccccc2C1=O)OC. The van der Waals surface area contributed by atoms with Gasteiger partial charge >= 0.3 is 0 Å². The molecule has 1 aliphatic heterocycles. The summed E-state index contributed by atoms with van der Waals surface area (Å²) in [6.45, 7) is 9.78. The van der Waals surface area contributed by atoms with Crippen molar-refractivity contribution in [3.8, 4) is 0 Å². The molecule has 1 heterocycles. The minimum absolute atomic E-state index is 0.164. The molecule has 10 heteroatoms. The van der Waals surface area contributed by atoms with Crippen LogP contribution in [0.25, 0.3) is 0 Å². The first kappa shape index (κ1) is 28.7. The molecule has 0 saturated heterocycles. The highest BCUT2D eigenvalue weighted by molar-refractivity contribution is 7.59. The largest absolute Gasteiger partial charge is 0.357 e. The number of nitrogens with zero attached hydrogens (tertiary/aromatic N) is 1. The van der Waals surface area contributed by atoms with Gasteiger partial charge in [-0.1, -0.05) is 46.8 Å². The van der Waals surface area contributed by atoms with Crippen LogP contribution in [0.4, 0.5) is 0 Å². The van der Waals surface area contributed by atoms with E-state index < -0.39 is 43.3 Å². The number of likely N-dealkylation sites (N-methyl/N-ethyl adjacent to an activating group) is 1. The molecule has 194 valence electrons. The summed E-state index contributed by atoms with van der Waals surface area (Å²) in [5.74, 6) is -2.36. The van der Waals surface area contributed by atoms with E-state index in [-0.39, 0.29) is 34.5 Å². The average molecular weight is 508 g/mol. The van der Waals surface area contributed by atoms with Gasteiger partial charge in [0.25, 0.3) is 11.8 Å². The van der Waals surface area contributed by atoms with Crippen LogP contribution in [0.5, 0.6) is 0 Å². The van der Waals surface area contributed by atoms with Crippen molar-refractivity contribution in [2.24, 2.45) is 17.3 Å². The van der Waals surface area contributed by atoms with E-state index in [4.69, 9.17) is 4.52 Å². The van der Waals surface area contributed by atoms with Crippen molar-refractivity contribution in [2.45, 2.75) is 53.5 Å². The molecule has 0 aliphatic carbocycles. The van der Waals surface area contributed by atoms with Gasteiger partial charge in [0.05, 0.1) is 11.1 Å². The molecule has 9 nitrogen and oxygen atoms in total. The second kappa shape index (κ2) is 11.5. The standard InChI is InChI=1S/C25H38N3O6P/c1-16(2)12-20(22(30)26-6)27-21(29)17(13-25(3,4)5)14-35(33,34-7)15-28-23(31)18-10-8-9-11-19(18)24(28)32/h8-11,16-17,20H,12-15H2,1-7H3,(H,26,30)(H,27,29)/t17?,20-,35?/m0/s1. The van der Waals surface area contributed by atoms with E-state index in [2.05, 4.69) is 10.6 Å². The van der Waals surface area contributed by atoms with Crippen LogP contribution in [0.2, 0.25) is 0 Å². The molecule has 0 aromatic heterocycles. The molecule has 0 spiro atoms. The van der Waals surface area contributed by atoms with Gasteiger partial charge in [0.2, 0.25) is 19.2 Å². The first-order valence-corrected chi connectivity index (χ1v) is 13.8. The molecule has 0 saturated carbocycles. The second-order valence-corrected chi connectivity index (χ2v) is 13.3. The Labute approximate surface area is 207 Å². The Morgan fingerprint density at radius 1 is 1.06 bits per heavy atom. The summed E-state index contributed by atoms with van der Waals surface area (Å²) in [5.41, 5.74) is 0.217. The molecule has 2 N–H and O–H groups in total. The van der Waals surface area contributed by atoms with E-state index >= 15 is 0 Å². The molecule has 4 amide bonds. The minimum Gasteiger partial charge on any atom is -0.357 e. The molecule has 35 heavy (non-hydrogen) atoms. The predicted molar refractivity (Wildman–Crippen MR) is 134 cm³/mol. The summed E-state index contributed by atoms with van der Waals surface area (Å²) in [6.07, 6.45) is 0.234. The molecule has 0 radical (unpaired) electrons. The second-order valence-electron chi connectivity index (χ2n) is 10.7. The van der Waals surface area contributed by atoms with Crippen LogP contribution in [-0.4, -0.2) is 61.2 Å². The fourth-order valence-electron chi connectivity index (χ4n) is 4.25.